The van der Waals surface area contributed by atoms with Gasteiger partial charge in [0.05, 0.1) is 19.1 Å². The number of carbonyl (C=O) groups excluding carboxylic acids is 2. The second-order valence-electron chi connectivity index (χ2n) is 10.5. The molecule has 2 atom stereocenters. The normalized spacial score (nSPS) is 12.7. The summed E-state index contributed by atoms with van der Waals surface area (Å²) in [5, 5.41) is 3.03. The molecular formula is C32H41N3O5S. The predicted octanol–water partition coefficient (Wildman–Crippen LogP) is 4.63. The van der Waals surface area contributed by atoms with Crippen LogP contribution in [0, 0.1) is 13.8 Å². The molecule has 0 radical (unpaired) electrons. The number of hydrogen-bond donors (Lipinski definition) is 1. The van der Waals surface area contributed by atoms with Crippen molar-refractivity contribution < 1.29 is 22.7 Å². The molecule has 1 N–H and O–H groups in total. The van der Waals surface area contributed by atoms with Crippen LogP contribution < -0.4 is 14.4 Å². The molecule has 0 aliphatic heterocycles. The summed E-state index contributed by atoms with van der Waals surface area (Å²) in [5.41, 5.74) is 3.78. The maximum atomic E-state index is 14.2. The fourth-order valence-corrected chi connectivity index (χ4v) is 5.55. The van der Waals surface area contributed by atoms with Gasteiger partial charge >= 0.3 is 0 Å². The summed E-state index contributed by atoms with van der Waals surface area (Å²) in [6, 6.07) is 21.2. The first-order valence-electron chi connectivity index (χ1n) is 13.7. The number of aryl methyl sites for hydroxylation is 2. The predicted molar refractivity (Wildman–Crippen MR) is 163 cm³/mol. The summed E-state index contributed by atoms with van der Waals surface area (Å²) >= 11 is 0. The zero-order chi connectivity index (χ0) is 30.2. The Balaban J connectivity index is 2.09. The minimum Gasteiger partial charge on any atom is -0.497 e. The molecule has 41 heavy (non-hydrogen) atoms. The van der Waals surface area contributed by atoms with Crippen molar-refractivity contribution in [3.8, 4) is 5.75 Å². The number of rotatable bonds is 13. The fourth-order valence-electron chi connectivity index (χ4n) is 4.64. The monoisotopic (exact) mass is 579 g/mol. The molecule has 0 heterocycles. The topological polar surface area (TPSA) is 96.0 Å². The Morgan fingerprint density at radius 1 is 0.951 bits per heavy atom. The van der Waals surface area contributed by atoms with E-state index in [2.05, 4.69) is 5.32 Å². The van der Waals surface area contributed by atoms with Crippen LogP contribution in [0.4, 0.5) is 5.69 Å². The molecule has 0 aromatic heterocycles. The molecule has 0 bridgehead atoms. The van der Waals surface area contributed by atoms with Gasteiger partial charge in [0.25, 0.3) is 0 Å². The smallest absolute Gasteiger partial charge is 0.244 e. The first kappa shape index (κ1) is 31.7. The molecule has 0 saturated carbocycles. The van der Waals surface area contributed by atoms with E-state index >= 15 is 0 Å². The molecule has 3 rings (SSSR count). The Morgan fingerprint density at radius 2 is 1.63 bits per heavy atom. The number of methoxy groups -OCH3 is 1. The maximum absolute atomic E-state index is 14.2. The maximum Gasteiger partial charge on any atom is 0.244 e. The summed E-state index contributed by atoms with van der Waals surface area (Å²) in [4.78, 5) is 29.5. The highest BCUT2D eigenvalue weighted by Crippen LogP contribution is 2.25. The number of sulfonamides is 1. The van der Waals surface area contributed by atoms with Gasteiger partial charge in [-0.1, -0.05) is 67.1 Å². The SMILES string of the molecule is CC[C@@H](C)NC(=O)[C@@H](Cc1ccccc1)N(Cc1cccc(OC)c1)C(=O)CN(c1ccc(C)cc1C)S(C)(=O)=O. The molecule has 3 aromatic carbocycles. The van der Waals surface area contributed by atoms with E-state index < -0.39 is 28.5 Å². The van der Waals surface area contributed by atoms with Gasteiger partial charge in [0.1, 0.15) is 18.3 Å². The zero-order valence-electron chi connectivity index (χ0n) is 24.8. The number of amides is 2. The number of hydrogen-bond acceptors (Lipinski definition) is 5. The lowest BCUT2D eigenvalue weighted by Gasteiger charge is -2.34. The van der Waals surface area contributed by atoms with Gasteiger partial charge in [-0.2, -0.15) is 0 Å². The van der Waals surface area contributed by atoms with Crippen molar-refractivity contribution in [3.05, 3.63) is 95.1 Å². The molecule has 8 nitrogen and oxygen atoms in total. The molecule has 0 fully saturated rings. The van der Waals surface area contributed by atoms with E-state index in [1.54, 1.807) is 19.2 Å². The van der Waals surface area contributed by atoms with Crippen molar-refractivity contribution in [2.75, 3.05) is 24.2 Å². The lowest BCUT2D eigenvalue weighted by molar-refractivity contribution is -0.140. The van der Waals surface area contributed by atoms with E-state index in [0.29, 0.717) is 11.4 Å². The highest BCUT2D eigenvalue weighted by atomic mass is 32.2. The quantitative estimate of drug-likeness (QED) is 0.319. The molecule has 3 aromatic rings. The van der Waals surface area contributed by atoms with Gasteiger partial charge < -0.3 is 15.0 Å². The van der Waals surface area contributed by atoms with Crippen LogP contribution in [0.1, 0.15) is 42.5 Å². The molecule has 0 saturated heterocycles. The zero-order valence-corrected chi connectivity index (χ0v) is 25.6. The summed E-state index contributed by atoms with van der Waals surface area (Å²) in [6.45, 7) is 7.27. The van der Waals surface area contributed by atoms with Gasteiger partial charge in [-0.25, -0.2) is 8.42 Å². The molecular weight excluding hydrogens is 538 g/mol. The largest absolute Gasteiger partial charge is 0.497 e. The second kappa shape index (κ2) is 14.2. The third-order valence-corrected chi connectivity index (χ3v) is 8.19. The van der Waals surface area contributed by atoms with E-state index in [0.717, 1.165) is 39.2 Å². The number of anilines is 1. The average molecular weight is 580 g/mol. The van der Waals surface area contributed by atoms with Gasteiger partial charge in [0, 0.05) is 19.0 Å². The standard InChI is InChI=1S/C32H41N3O5S/c1-7-25(4)33-32(37)30(20-26-12-9-8-10-13-26)34(21-27-14-11-15-28(19-27)40-5)31(36)22-35(41(6,38)39)29-17-16-23(2)18-24(29)3/h8-19,25,30H,7,20-22H2,1-6H3,(H,33,37)/t25-,30-/m1/s1. The van der Waals surface area contributed by atoms with E-state index in [-0.39, 0.29) is 24.9 Å². The highest BCUT2D eigenvalue weighted by Gasteiger charge is 2.33. The Bertz CT molecular complexity index is 1440. The van der Waals surface area contributed by atoms with Crippen LogP contribution >= 0.6 is 0 Å². The van der Waals surface area contributed by atoms with Crippen LogP contribution in [0.15, 0.2) is 72.8 Å². The Morgan fingerprint density at radius 3 is 2.24 bits per heavy atom. The third-order valence-electron chi connectivity index (χ3n) is 7.06. The highest BCUT2D eigenvalue weighted by molar-refractivity contribution is 7.92. The van der Waals surface area contributed by atoms with Crippen LogP contribution in [0.2, 0.25) is 0 Å². The van der Waals surface area contributed by atoms with Crippen LogP contribution in [0.25, 0.3) is 0 Å². The van der Waals surface area contributed by atoms with E-state index in [4.69, 9.17) is 4.74 Å². The number of benzene rings is 3. The molecule has 0 spiro atoms. The van der Waals surface area contributed by atoms with Crippen LogP contribution in [0.5, 0.6) is 5.75 Å². The molecule has 0 aliphatic carbocycles. The minimum absolute atomic E-state index is 0.0892. The van der Waals surface area contributed by atoms with Crippen molar-refractivity contribution in [1.29, 1.82) is 0 Å². The fraction of sp³-hybridized carbons (Fsp3) is 0.375. The Labute approximate surface area is 244 Å². The number of nitrogens with one attached hydrogen (secondary N) is 1. The number of ether oxygens (including phenoxy) is 1. The Hall–Kier alpha value is -3.85. The third kappa shape index (κ3) is 8.82. The summed E-state index contributed by atoms with van der Waals surface area (Å²) < 4.78 is 32.5. The summed E-state index contributed by atoms with van der Waals surface area (Å²) in [7, 11) is -2.26. The summed E-state index contributed by atoms with van der Waals surface area (Å²) in [5.74, 6) is -0.165. The second-order valence-corrected chi connectivity index (χ2v) is 12.4. The molecule has 2 amide bonds. The van der Waals surface area contributed by atoms with E-state index in [1.807, 2.05) is 88.4 Å². The van der Waals surface area contributed by atoms with Crippen LogP contribution in [0.3, 0.4) is 0 Å². The van der Waals surface area contributed by atoms with Gasteiger partial charge in [-0.05, 0) is 62.1 Å². The van der Waals surface area contributed by atoms with Gasteiger partial charge in [0.15, 0.2) is 0 Å². The van der Waals surface area contributed by atoms with Gasteiger partial charge in [-0.15, -0.1) is 0 Å². The van der Waals surface area contributed by atoms with Crippen molar-refractivity contribution in [2.24, 2.45) is 0 Å². The first-order chi connectivity index (χ1) is 19.4. The molecule has 0 aliphatic rings. The molecule has 9 heteroatoms. The Kier molecular flexibility index (Phi) is 10.9. The van der Waals surface area contributed by atoms with Gasteiger partial charge in [0.2, 0.25) is 21.8 Å². The average Bonchev–Trinajstić information content (AvgIpc) is 2.93. The lowest BCUT2D eigenvalue weighted by atomic mass is 10.0. The summed E-state index contributed by atoms with van der Waals surface area (Å²) in [6.07, 6.45) is 2.08. The van der Waals surface area contributed by atoms with Crippen molar-refractivity contribution >= 4 is 27.5 Å². The lowest BCUT2D eigenvalue weighted by Crippen LogP contribution is -2.54. The molecule has 220 valence electrons. The van der Waals surface area contributed by atoms with Crippen molar-refractivity contribution in [3.63, 3.8) is 0 Å². The molecule has 0 unspecified atom stereocenters. The number of carbonyl (C=O) groups is 2. The van der Waals surface area contributed by atoms with Crippen LogP contribution in [-0.4, -0.2) is 57.1 Å². The minimum atomic E-state index is -3.83. The number of nitrogens with zero attached hydrogens (tertiary/aromatic N) is 2. The van der Waals surface area contributed by atoms with E-state index in [1.165, 1.54) is 4.90 Å². The first-order valence-corrected chi connectivity index (χ1v) is 15.6. The van der Waals surface area contributed by atoms with Gasteiger partial charge in [-0.3, -0.25) is 13.9 Å². The van der Waals surface area contributed by atoms with Crippen LogP contribution in [-0.2, 0) is 32.6 Å². The van der Waals surface area contributed by atoms with Crippen molar-refractivity contribution in [1.82, 2.24) is 10.2 Å². The van der Waals surface area contributed by atoms with Crippen molar-refractivity contribution in [2.45, 2.75) is 59.2 Å². The van der Waals surface area contributed by atoms with E-state index in [9.17, 15) is 18.0 Å².